The first-order valence-electron chi connectivity index (χ1n) is 4.76. The van der Waals surface area contributed by atoms with Gasteiger partial charge < -0.3 is 10.2 Å². The van der Waals surface area contributed by atoms with Crippen molar-refractivity contribution in [2.45, 2.75) is 4.90 Å². The molecule has 0 radical (unpaired) electrons. The largest absolute Gasteiger partial charge is 0.508 e. The molecule has 3 N–H and O–H groups in total. The Morgan fingerprint density at radius 2 is 1.61 bits per heavy atom. The number of phenolic OH excluding ortho intramolecular Hbond substituents is 2. The predicted octanol–water partition coefficient (Wildman–Crippen LogP) is 1.43. The van der Waals surface area contributed by atoms with E-state index in [1.165, 1.54) is 0 Å². The second-order valence-corrected chi connectivity index (χ2v) is 4.54. The van der Waals surface area contributed by atoms with Crippen molar-refractivity contribution in [1.29, 1.82) is 0 Å². The summed E-state index contributed by atoms with van der Waals surface area (Å²) in [7, 11) is -4.47. The fourth-order valence-electron chi connectivity index (χ4n) is 1.02. The molecule has 0 saturated heterocycles. The van der Waals surface area contributed by atoms with Crippen molar-refractivity contribution in [1.82, 2.24) is 4.98 Å². The summed E-state index contributed by atoms with van der Waals surface area (Å²) in [6.07, 6.45) is 3.50. The van der Waals surface area contributed by atoms with Gasteiger partial charge in [0.25, 0.3) is 10.1 Å². The quantitative estimate of drug-likeness (QED) is 0.534. The van der Waals surface area contributed by atoms with Gasteiger partial charge in [-0.15, -0.1) is 0 Å². The Hall–Kier alpha value is -2.12. The Labute approximate surface area is 104 Å². The third-order valence-corrected chi connectivity index (χ3v) is 2.67. The summed E-state index contributed by atoms with van der Waals surface area (Å²) in [5.41, 5.74) is 0. The summed E-state index contributed by atoms with van der Waals surface area (Å²) in [5.74, 6) is -0.948. The molecule has 0 saturated carbocycles. The monoisotopic (exact) mass is 269 g/mol. The lowest BCUT2D eigenvalue weighted by Gasteiger charge is -2.00. The number of aromatic nitrogens is 1. The van der Waals surface area contributed by atoms with E-state index in [-0.39, 0.29) is 5.75 Å². The van der Waals surface area contributed by atoms with Crippen molar-refractivity contribution in [2.75, 3.05) is 0 Å². The van der Waals surface area contributed by atoms with Gasteiger partial charge in [-0.05, 0) is 24.3 Å². The van der Waals surface area contributed by atoms with E-state index in [0.29, 0.717) is 0 Å². The van der Waals surface area contributed by atoms with Gasteiger partial charge in [0, 0.05) is 18.5 Å². The topological polar surface area (TPSA) is 108 Å². The molecule has 0 unspecified atom stereocenters. The third kappa shape index (κ3) is 4.40. The lowest BCUT2D eigenvalue weighted by molar-refractivity contribution is 0.433. The van der Waals surface area contributed by atoms with Crippen LogP contribution in [0.3, 0.4) is 0 Å². The number of rotatable bonds is 1. The summed E-state index contributed by atoms with van der Waals surface area (Å²) in [6.45, 7) is 0. The number of benzene rings is 1. The van der Waals surface area contributed by atoms with Crippen molar-refractivity contribution < 1.29 is 23.2 Å². The first-order chi connectivity index (χ1) is 8.41. The molecule has 0 aliphatic rings. The zero-order valence-corrected chi connectivity index (χ0v) is 9.95. The summed E-state index contributed by atoms with van der Waals surface area (Å²) >= 11 is 0. The average molecular weight is 269 g/mol. The molecule has 0 bridgehead atoms. The molecule has 0 aliphatic carbocycles. The molecular formula is C11H11NO5S. The highest BCUT2D eigenvalue weighted by Gasteiger charge is 2.15. The highest BCUT2D eigenvalue weighted by atomic mass is 32.2. The van der Waals surface area contributed by atoms with Crippen LogP contribution in [-0.2, 0) is 10.1 Å². The Morgan fingerprint density at radius 3 is 1.94 bits per heavy atom. The number of pyridine rings is 1. The predicted molar refractivity (Wildman–Crippen MR) is 63.8 cm³/mol. The Bertz CT molecular complexity index is 571. The highest BCUT2D eigenvalue weighted by molar-refractivity contribution is 7.86. The minimum atomic E-state index is -4.47. The maximum absolute atomic E-state index is 10.5. The van der Waals surface area contributed by atoms with Gasteiger partial charge in [-0.2, -0.15) is 8.42 Å². The van der Waals surface area contributed by atoms with Crippen LogP contribution in [0.4, 0.5) is 0 Å². The molecule has 0 aliphatic heterocycles. The van der Waals surface area contributed by atoms with Crippen LogP contribution in [0.2, 0.25) is 0 Å². The Kier molecular flexibility index (Phi) is 4.64. The fraction of sp³-hybridized carbons (Fsp3) is 0. The van der Waals surface area contributed by atoms with E-state index in [2.05, 4.69) is 4.98 Å². The molecule has 96 valence electrons. The smallest absolute Gasteiger partial charge is 0.298 e. The van der Waals surface area contributed by atoms with Crippen LogP contribution in [0.1, 0.15) is 0 Å². The molecule has 0 atom stereocenters. The molecule has 0 spiro atoms. The number of hydrogen-bond donors (Lipinski definition) is 3. The third-order valence-electron chi connectivity index (χ3n) is 1.79. The summed E-state index contributed by atoms with van der Waals surface area (Å²) < 4.78 is 29.5. The highest BCUT2D eigenvalue weighted by Crippen LogP contribution is 2.25. The number of hydrogen-bond acceptors (Lipinski definition) is 5. The molecule has 1 aromatic heterocycles. The van der Waals surface area contributed by atoms with E-state index in [1.54, 1.807) is 12.4 Å². The van der Waals surface area contributed by atoms with Crippen molar-refractivity contribution in [3.8, 4) is 11.5 Å². The van der Waals surface area contributed by atoms with E-state index >= 15 is 0 Å². The van der Waals surface area contributed by atoms with E-state index in [9.17, 15) is 8.42 Å². The number of nitrogens with zero attached hydrogens (tertiary/aromatic N) is 1. The molecular weight excluding hydrogens is 258 g/mol. The Morgan fingerprint density at radius 1 is 1.00 bits per heavy atom. The molecule has 18 heavy (non-hydrogen) atoms. The Balaban J connectivity index is 0.000000225. The standard InChI is InChI=1S/C6H6O5S.C5H5N/c7-4-1-2-5(8)6(3-4)12(9,10)11;1-2-4-6-5-3-1/h1-3,7-8H,(H,9,10,11);1-5H. The van der Waals surface area contributed by atoms with Gasteiger partial charge in [0.15, 0.2) is 0 Å². The first-order valence-corrected chi connectivity index (χ1v) is 6.20. The van der Waals surface area contributed by atoms with Crippen molar-refractivity contribution in [3.63, 3.8) is 0 Å². The maximum atomic E-state index is 10.5. The molecule has 6 nitrogen and oxygen atoms in total. The molecule has 2 aromatic rings. The summed E-state index contributed by atoms with van der Waals surface area (Å²) in [6, 6.07) is 8.54. The SMILES string of the molecule is O=S(=O)(O)c1cc(O)ccc1O.c1ccncc1. The minimum absolute atomic E-state index is 0.347. The van der Waals surface area contributed by atoms with Crippen molar-refractivity contribution >= 4 is 10.1 Å². The number of aromatic hydroxyl groups is 2. The molecule has 1 heterocycles. The second kappa shape index (κ2) is 5.99. The average Bonchev–Trinajstić information content (AvgIpc) is 2.34. The molecule has 0 amide bonds. The second-order valence-electron chi connectivity index (χ2n) is 3.15. The van der Waals surface area contributed by atoms with E-state index in [4.69, 9.17) is 14.8 Å². The van der Waals surface area contributed by atoms with Crippen LogP contribution < -0.4 is 0 Å². The first kappa shape index (κ1) is 13.9. The van der Waals surface area contributed by atoms with Crippen LogP contribution in [0.5, 0.6) is 11.5 Å². The van der Waals surface area contributed by atoms with E-state index in [0.717, 1.165) is 18.2 Å². The van der Waals surface area contributed by atoms with E-state index < -0.39 is 20.8 Å². The normalized spacial score (nSPS) is 10.3. The molecule has 2 rings (SSSR count). The van der Waals surface area contributed by atoms with Crippen molar-refractivity contribution in [2.24, 2.45) is 0 Å². The van der Waals surface area contributed by atoms with E-state index in [1.807, 2.05) is 18.2 Å². The van der Waals surface area contributed by atoms with Gasteiger partial charge in [-0.3, -0.25) is 9.54 Å². The maximum Gasteiger partial charge on any atom is 0.298 e. The minimum Gasteiger partial charge on any atom is -0.508 e. The van der Waals surface area contributed by atoms with Gasteiger partial charge >= 0.3 is 0 Å². The fourth-order valence-corrected chi connectivity index (χ4v) is 1.62. The van der Waals surface area contributed by atoms with Crippen molar-refractivity contribution in [3.05, 3.63) is 48.8 Å². The van der Waals surface area contributed by atoms with Gasteiger partial charge in [-0.25, -0.2) is 0 Å². The van der Waals surface area contributed by atoms with Crippen LogP contribution >= 0.6 is 0 Å². The lowest BCUT2D eigenvalue weighted by atomic mass is 10.3. The number of phenols is 2. The van der Waals surface area contributed by atoms with Gasteiger partial charge in [0.05, 0.1) is 0 Å². The van der Waals surface area contributed by atoms with Gasteiger partial charge in [-0.1, -0.05) is 6.07 Å². The zero-order valence-electron chi connectivity index (χ0n) is 9.13. The lowest BCUT2D eigenvalue weighted by Crippen LogP contribution is -1.97. The van der Waals surface area contributed by atoms with Crippen LogP contribution in [0.25, 0.3) is 0 Å². The summed E-state index contributed by atoms with van der Waals surface area (Å²) in [4.78, 5) is 3.08. The summed E-state index contributed by atoms with van der Waals surface area (Å²) in [5, 5.41) is 17.7. The van der Waals surface area contributed by atoms with Gasteiger partial charge in [0.1, 0.15) is 16.4 Å². The van der Waals surface area contributed by atoms with Crippen LogP contribution in [0, 0.1) is 0 Å². The zero-order chi connectivity index (χ0) is 13.6. The van der Waals surface area contributed by atoms with Gasteiger partial charge in [0.2, 0.25) is 0 Å². The van der Waals surface area contributed by atoms with Crippen LogP contribution in [0.15, 0.2) is 53.7 Å². The van der Waals surface area contributed by atoms with Crippen LogP contribution in [-0.4, -0.2) is 28.2 Å². The molecule has 1 aromatic carbocycles. The molecule has 7 heteroatoms. The molecule has 0 fully saturated rings.